The number of hydrogen-bond acceptors (Lipinski definition) is 3. The van der Waals surface area contributed by atoms with Crippen molar-refractivity contribution in [1.82, 2.24) is 0 Å². The van der Waals surface area contributed by atoms with E-state index in [0.29, 0.717) is 18.6 Å². The summed E-state index contributed by atoms with van der Waals surface area (Å²) >= 11 is 1.37. The van der Waals surface area contributed by atoms with Gasteiger partial charge in [0.25, 0.3) is 0 Å². The van der Waals surface area contributed by atoms with Gasteiger partial charge in [0.2, 0.25) is 5.12 Å². The molecule has 1 fully saturated rings. The van der Waals surface area contributed by atoms with Crippen LogP contribution in [0.1, 0.15) is 26.7 Å². The normalized spacial score (nSPS) is 27.3. The average Bonchev–Trinajstić information content (AvgIpc) is 3.11. The van der Waals surface area contributed by atoms with Crippen LogP contribution in [0.25, 0.3) is 0 Å². The molecule has 2 aliphatic carbocycles. The van der Waals surface area contributed by atoms with E-state index in [2.05, 4.69) is 26.0 Å². The van der Waals surface area contributed by atoms with Crippen LogP contribution in [0.3, 0.4) is 0 Å². The molecule has 17 heavy (non-hydrogen) atoms. The van der Waals surface area contributed by atoms with Gasteiger partial charge in [-0.3, -0.25) is 4.79 Å². The fourth-order valence-electron chi connectivity index (χ4n) is 1.88. The summed E-state index contributed by atoms with van der Waals surface area (Å²) in [5, 5.41) is 0.194. The second-order valence-corrected chi connectivity index (χ2v) is 5.84. The standard InChI is InChI=1S/C14H20O2S/c1-3-10(2)16-6-7-17-14(15)12-5-4-11-8-13(11)9-12/h4-5,9-11,13H,3,6-8H2,1-2H3. The Morgan fingerprint density at radius 2 is 2.41 bits per heavy atom. The lowest BCUT2D eigenvalue weighted by atomic mass is 10.1. The topological polar surface area (TPSA) is 26.3 Å². The van der Waals surface area contributed by atoms with E-state index in [4.69, 9.17) is 4.74 Å². The van der Waals surface area contributed by atoms with E-state index in [-0.39, 0.29) is 5.12 Å². The van der Waals surface area contributed by atoms with Crippen molar-refractivity contribution in [3.05, 3.63) is 23.8 Å². The highest BCUT2D eigenvalue weighted by Crippen LogP contribution is 2.44. The Balaban J connectivity index is 1.66. The van der Waals surface area contributed by atoms with Crippen molar-refractivity contribution in [3.8, 4) is 0 Å². The summed E-state index contributed by atoms with van der Waals surface area (Å²) < 4.78 is 5.55. The molecule has 0 aliphatic heterocycles. The molecular formula is C14H20O2S. The Bertz CT molecular complexity index is 346. The van der Waals surface area contributed by atoms with Crippen molar-refractivity contribution in [2.24, 2.45) is 11.8 Å². The van der Waals surface area contributed by atoms with E-state index >= 15 is 0 Å². The molecule has 2 rings (SSSR count). The molecule has 3 atom stereocenters. The molecule has 2 nitrogen and oxygen atoms in total. The van der Waals surface area contributed by atoms with Gasteiger partial charge in [-0.1, -0.05) is 36.9 Å². The van der Waals surface area contributed by atoms with Crippen molar-refractivity contribution in [1.29, 1.82) is 0 Å². The van der Waals surface area contributed by atoms with Gasteiger partial charge in [-0.15, -0.1) is 0 Å². The number of hydrogen-bond donors (Lipinski definition) is 0. The summed E-state index contributed by atoms with van der Waals surface area (Å²) in [6, 6.07) is 0. The number of carbonyl (C=O) groups excluding carboxylic acids is 1. The van der Waals surface area contributed by atoms with Crippen molar-refractivity contribution in [3.63, 3.8) is 0 Å². The quantitative estimate of drug-likeness (QED) is 0.679. The minimum absolute atomic E-state index is 0.194. The Hall–Kier alpha value is -0.540. The number of thioether (sulfide) groups is 1. The van der Waals surface area contributed by atoms with E-state index < -0.39 is 0 Å². The molecule has 0 amide bonds. The second kappa shape index (κ2) is 5.87. The van der Waals surface area contributed by atoms with Crippen LogP contribution < -0.4 is 0 Å². The van der Waals surface area contributed by atoms with Crippen LogP contribution in [-0.2, 0) is 9.53 Å². The molecule has 0 aromatic heterocycles. The fourth-order valence-corrected chi connectivity index (χ4v) is 2.55. The van der Waals surface area contributed by atoms with Gasteiger partial charge in [-0.25, -0.2) is 0 Å². The number of fused-ring (bicyclic) bond motifs is 1. The third-order valence-corrected chi connectivity index (χ3v) is 4.21. The highest BCUT2D eigenvalue weighted by molar-refractivity contribution is 8.14. The zero-order valence-electron chi connectivity index (χ0n) is 10.5. The fraction of sp³-hybridized carbons (Fsp3) is 0.643. The predicted molar refractivity (Wildman–Crippen MR) is 72.0 cm³/mol. The second-order valence-electron chi connectivity index (χ2n) is 4.77. The van der Waals surface area contributed by atoms with Crippen molar-refractivity contribution >= 4 is 16.9 Å². The Labute approximate surface area is 107 Å². The van der Waals surface area contributed by atoms with Gasteiger partial charge in [0.15, 0.2) is 0 Å². The molecule has 0 heterocycles. The van der Waals surface area contributed by atoms with E-state index in [0.717, 1.165) is 23.7 Å². The molecule has 0 bridgehead atoms. The van der Waals surface area contributed by atoms with Gasteiger partial charge >= 0.3 is 0 Å². The zero-order valence-corrected chi connectivity index (χ0v) is 11.3. The highest BCUT2D eigenvalue weighted by Gasteiger charge is 2.35. The van der Waals surface area contributed by atoms with Gasteiger partial charge in [-0.2, -0.15) is 0 Å². The number of ether oxygens (including phenoxy) is 1. The Kier molecular flexibility index (Phi) is 4.46. The van der Waals surface area contributed by atoms with Crippen molar-refractivity contribution < 1.29 is 9.53 Å². The molecule has 2 aliphatic rings. The van der Waals surface area contributed by atoms with Crippen LogP contribution >= 0.6 is 11.8 Å². The SMILES string of the molecule is CCC(C)OCCSC(=O)C1=CC2CC2C=C1. The molecule has 3 heteroatoms. The van der Waals surface area contributed by atoms with Crippen LogP contribution in [0.15, 0.2) is 23.8 Å². The number of allylic oxidation sites excluding steroid dienone is 3. The Morgan fingerprint density at radius 1 is 1.59 bits per heavy atom. The first-order valence-corrected chi connectivity index (χ1v) is 7.38. The first-order valence-electron chi connectivity index (χ1n) is 6.39. The molecular weight excluding hydrogens is 232 g/mol. The lowest BCUT2D eigenvalue weighted by Gasteiger charge is -2.10. The lowest BCUT2D eigenvalue weighted by Crippen LogP contribution is -2.10. The molecule has 0 aromatic rings. The van der Waals surface area contributed by atoms with Crippen molar-refractivity contribution in [2.45, 2.75) is 32.8 Å². The van der Waals surface area contributed by atoms with Crippen LogP contribution in [0.5, 0.6) is 0 Å². The maximum atomic E-state index is 11.9. The zero-order chi connectivity index (χ0) is 12.3. The van der Waals surface area contributed by atoms with Gasteiger partial charge in [0.1, 0.15) is 0 Å². The van der Waals surface area contributed by atoms with E-state index in [9.17, 15) is 4.79 Å². The van der Waals surface area contributed by atoms with Gasteiger partial charge < -0.3 is 4.74 Å². The molecule has 0 radical (unpaired) electrons. The minimum Gasteiger partial charge on any atom is -0.378 e. The van der Waals surface area contributed by atoms with Gasteiger partial charge in [0, 0.05) is 11.3 Å². The van der Waals surface area contributed by atoms with E-state index in [1.807, 2.05) is 6.08 Å². The lowest BCUT2D eigenvalue weighted by molar-refractivity contribution is -0.107. The summed E-state index contributed by atoms with van der Waals surface area (Å²) in [6.07, 6.45) is 8.85. The van der Waals surface area contributed by atoms with E-state index in [1.165, 1.54) is 18.2 Å². The maximum absolute atomic E-state index is 11.9. The molecule has 3 unspecified atom stereocenters. The molecule has 1 saturated carbocycles. The van der Waals surface area contributed by atoms with Gasteiger partial charge in [-0.05, 0) is 31.6 Å². The summed E-state index contributed by atoms with van der Waals surface area (Å²) in [4.78, 5) is 11.9. The third kappa shape index (κ3) is 3.71. The summed E-state index contributed by atoms with van der Waals surface area (Å²) in [5.41, 5.74) is 0.886. The Morgan fingerprint density at radius 3 is 3.12 bits per heavy atom. The number of rotatable bonds is 6. The van der Waals surface area contributed by atoms with Gasteiger partial charge in [0.05, 0.1) is 12.7 Å². The largest absolute Gasteiger partial charge is 0.378 e. The van der Waals surface area contributed by atoms with Crippen molar-refractivity contribution in [2.75, 3.05) is 12.4 Å². The number of carbonyl (C=O) groups is 1. The van der Waals surface area contributed by atoms with Crippen LogP contribution in [-0.4, -0.2) is 23.6 Å². The predicted octanol–water partition coefficient (Wildman–Crippen LogP) is 3.19. The summed E-state index contributed by atoms with van der Waals surface area (Å²) in [6.45, 7) is 4.83. The van der Waals surface area contributed by atoms with Crippen LogP contribution in [0, 0.1) is 11.8 Å². The average molecular weight is 252 g/mol. The van der Waals surface area contributed by atoms with Crippen LogP contribution in [0.4, 0.5) is 0 Å². The maximum Gasteiger partial charge on any atom is 0.219 e. The summed E-state index contributed by atoms with van der Waals surface area (Å²) in [5.74, 6) is 2.13. The van der Waals surface area contributed by atoms with Crippen LogP contribution in [0.2, 0.25) is 0 Å². The third-order valence-electron chi connectivity index (χ3n) is 3.34. The highest BCUT2D eigenvalue weighted by atomic mass is 32.2. The monoisotopic (exact) mass is 252 g/mol. The first kappa shape index (κ1) is 12.9. The molecule has 94 valence electrons. The summed E-state index contributed by atoms with van der Waals surface area (Å²) in [7, 11) is 0. The smallest absolute Gasteiger partial charge is 0.219 e. The molecule has 0 spiro atoms. The van der Waals surface area contributed by atoms with E-state index in [1.54, 1.807) is 0 Å². The molecule has 0 N–H and O–H groups in total. The first-order chi connectivity index (χ1) is 8.20. The molecule has 0 aromatic carbocycles. The minimum atomic E-state index is 0.194. The molecule has 0 saturated heterocycles.